The zero-order chi connectivity index (χ0) is 21.3. The molecule has 6 nitrogen and oxygen atoms in total. The Morgan fingerprint density at radius 2 is 1.80 bits per heavy atom. The first-order valence-electron chi connectivity index (χ1n) is 10.1. The highest BCUT2D eigenvalue weighted by Gasteiger charge is 2.24. The van der Waals surface area contributed by atoms with Gasteiger partial charge in [-0.1, -0.05) is 23.2 Å². The summed E-state index contributed by atoms with van der Waals surface area (Å²) in [5, 5.41) is 4.27. The van der Waals surface area contributed by atoms with E-state index in [2.05, 4.69) is 15.2 Å². The molecule has 1 aliphatic rings. The van der Waals surface area contributed by atoms with Gasteiger partial charge in [0.05, 0.1) is 11.0 Å². The molecule has 1 unspecified atom stereocenters. The number of fused-ring (bicyclic) bond motifs is 1. The van der Waals surface area contributed by atoms with Crippen LogP contribution in [0.5, 0.6) is 0 Å². The van der Waals surface area contributed by atoms with E-state index in [9.17, 15) is 9.59 Å². The second-order valence-corrected chi connectivity index (χ2v) is 8.75. The predicted octanol–water partition coefficient (Wildman–Crippen LogP) is 4.09. The van der Waals surface area contributed by atoms with Crippen molar-refractivity contribution in [2.45, 2.75) is 31.8 Å². The van der Waals surface area contributed by atoms with Crippen LogP contribution in [0.15, 0.2) is 47.3 Å². The van der Waals surface area contributed by atoms with E-state index in [1.165, 1.54) is 0 Å². The van der Waals surface area contributed by atoms with Gasteiger partial charge in [0.25, 0.3) is 5.91 Å². The quantitative estimate of drug-likeness (QED) is 0.619. The lowest BCUT2D eigenvalue weighted by Crippen LogP contribution is -2.45. The summed E-state index contributed by atoms with van der Waals surface area (Å²) in [6, 6.07) is 12.5. The molecule has 30 heavy (non-hydrogen) atoms. The maximum Gasteiger partial charge on any atom is 0.326 e. The number of piperidine rings is 1. The number of carbonyl (C=O) groups excluding carboxylic acids is 1. The molecule has 3 aromatic rings. The van der Waals surface area contributed by atoms with Crippen LogP contribution in [0.4, 0.5) is 0 Å². The normalized spacial score (nSPS) is 16.6. The summed E-state index contributed by atoms with van der Waals surface area (Å²) in [6.45, 7) is 4.52. The monoisotopic (exact) mass is 446 g/mol. The first-order valence-corrected chi connectivity index (χ1v) is 10.8. The summed E-state index contributed by atoms with van der Waals surface area (Å²) in [5.74, 6) is -0.0990. The zero-order valence-corrected chi connectivity index (χ0v) is 18.2. The molecule has 8 heteroatoms. The number of halogens is 2. The van der Waals surface area contributed by atoms with Crippen LogP contribution in [-0.2, 0) is 0 Å². The lowest BCUT2D eigenvalue weighted by Gasteiger charge is -2.34. The van der Waals surface area contributed by atoms with Gasteiger partial charge in [-0.15, -0.1) is 0 Å². The number of nitrogens with zero attached hydrogens (tertiary/aromatic N) is 2. The van der Waals surface area contributed by atoms with Gasteiger partial charge in [-0.05, 0) is 62.2 Å². The van der Waals surface area contributed by atoms with E-state index in [0.29, 0.717) is 15.6 Å². The Labute approximate surface area is 184 Å². The minimum absolute atomic E-state index is 0.0164. The molecular weight excluding hydrogens is 423 g/mol. The third-order valence-electron chi connectivity index (χ3n) is 5.62. The highest BCUT2D eigenvalue weighted by molar-refractivity contribution is 6.31. The molecule has 1 saturated heterocycles. The minimum Gasteiger partial charge on any atom is -0.348 e. The molecule has 1 amide bonds. The second kappa shape index (κ2) is 8.84. The molecule has 0 spiro atoms. The van der Waals surface area contributed by atoms with Crippen LogP contribution in [0.1, 0.15) is 36.2 Å². The van der Waals surface area contributed by atoms with Crippen molar-refractivity contribution in [1.82, 2.24) is 19.8 Å². The van der Waals surface area contributed by atoms with E-state index in [0.717, 1.165) is 43.5 Å². The molecular formula is C22H24Cl2N4O2. The molecule has 158 valence electrons. The number of likely N-dealkylation sites (tertiary alicyclic amines) is 1. The Hall–Kier alpha value is -2.28. The number of carbonyl (C=O) groups is 1. The third-order valence-corrected chi connectivity index (χ3v) is 6.10. The van der Waals surface area contributed by atoms with Crippen LogP contribution in [-0.4, -0.2) is 46.0 Å². The molecule has 2 heterocycles. The number of H-pyrrole nitrogens is 1. The van der Waals surface area contributed by atoms with Gasteiger partial charge in [-0.2, -0.15) is 0 Å². The molecule has 1 aliphatic heterocycles. The van der Waals surface area contributed by atoms with Crippen LogP contribution in [0, 0.1) is 0 Å². The van der Waals surface area contributed by atoms with E-state index in [1.54, 1.807) is 30.3 Å². The maximum atomic E-state index is 12.5. The molecule has 2 aromatic carbocycles. The molecule has 1 atom stereocenters. The molecule has 2 N–H and O–H groups in total. The molecule has 1 fully saturated rings. The average Bonchev–Trinajstić information content (AvgIpc) is 3.03. The molecule has 0 aliphatic carbocycles. The van der Waals surface area contributed by atoms with Crippen LogP contribution >= 0.6 is 23.2 Å². The van der Waals surface area contributed by atoms with Gasteiger partial charge in [0, 0.05) is 47.3 Å². The van der Waals surface area contributed by atoms with Crippen molar-refractivity contribution in [3.8, 4) is 0 Å². The van der Waals surface area contributed by atoms with Gasteiger partial charge >= 0.3 is 5.69 Å². The van der Waals surface area contributed by atoms with Gasteiger partial charge < -0.3 is 15.2 Å². The van der Waals surface area contributed by atoms with Crippen LogP contribution in [0.3, 0.4) is 0 Å². The van der Waals surface area contributed by atoms with Crippen molar-refractivity contribution in [3.05, 3.63) is 68.6 Å². The first-order chi connectivity index (χ1) is 14.4. The van der Waals surface area contributed by atoms with E-state index < -0.39 is 0 Å². The van der Waals surface area contributed by atoms with Gasteiger partial charge in [-0.25, -0.2) is 4.79 Å². The number of hydrogen-bond donors (Lipinski definition) is 2. The number of aromatic nitrogens is 2. The summed E-state index contributed by atoms with van der Waals surface area (Å²) in [4.78, 5) is 30.1. The Balaban J connectivity index is 1.34. The number of imidazole rings is 1. The number of rotatable bonds is 5. The van der Waals surface area contributed by atoms with E-state index >= 15 is 0 Å². The molecule has 4 rings (SSSR count). The average molecular weight is 447 g/mol. The Kier molecular flexibility index (Phi) is 6.18. The minimum atomic E-state index is -0.0990. The summed E-state index contributed by atoms with van der Waals surface area (Å²) < 4.78 is 1.86. The summed E-state index contributed by atoms with van der Waals surface area (Å²) >= 11 is 11.9. The molecule has 0 bridgehead atoms. The Morgan fingerprint density at radius 1 is 1.13 bits per heavy atom. The largest absolute Gasteiger partial charge is 0.348 e. The van der Waals surface area contributed by atoms with Crippen LogP contribution in [0.25, 0.3) is 11.0 Å². The van der Waals surface area contributed by atoms with Gasteiger partial charge in [0.1, 0.15) is 0 Å². The number of nitrogens with one attached hydrogen (secondary N) is 2. The van der Waals surface area contributed by atoms with Gasteiger partial charge in [-0.3, -0.25) is 9.36 Å². The van der Waals surface area contributed by atoms with E-state index in [-0.39, 0.29) is 23.7 Å². The lowest BCUT2D eigenvalue weighted by molar-refractivity contribution is 0.0921. The van der Waals surface area contributed by atoms with Crippen molar-refractivity contribution in [1.29, 1.82) is 0 Å². The predicted molar refractivity (Wildman–Crippen MR) is 121 cm³/mol. The SMILES string of the molecule is CC(CN1CCC(n2c(=O)[nH]c3cc(Cl)ccc32)CC1)NC(=O)c1ccc(Cl)cc1. The molecule has 0 saturated carbocycles. The number of benzene rings is 2. The van der Waals surface area contributed by atoms with Crippen LogP contribution < -0.4 is 11.0 Å². The van der Waals surface area contributed by atoms with Crippen molar-refractivity contribution >= 4 is 40.1 Å². The Morgan fingerprint density at radius 3 is 2.50 bits per heavy atom. The summed E-state index contributed by atoms with van der Waals surface area (Å²) in [5.41, 5.74) is 2.18. The fourth-order valence-corrected chi connectivity index (χ4v) is 4.47. The number of hydrogen-bond acceptors (Lipinski definition) is 3. The maximum absolute atomic E-state index is 12.5. The topological polar surface area (TPSA) is 70.1 Å². The highest BCUT2D eigenvalue weighted by atomic mass is 35.5. The van der Waals surface area contributed by atoms with Crippen molar-refractivity contribution in [2.24, 2.45) is 0 Å². The lowest BCUT2D eigenvalue weighted by atomic mass is 10.0. The Bertz CT molecular complexity index is 1100. The fourth-order valence-electron chi connectivity index (χ4n) is 4.17. The van der Waals surface area contributed by atoms with Crippen molar-refractivity contribution in [2.75, 3.05) is 19.6 Å². The molecule has 1 aromatic heterocycles. The van der Waals surface area contributed by atoms with Crippen molar-refractivity contribution < 1.29 is 4.79 Å². The van der Waals surface area contributed by atoms with Crippen molar-refractivity contribution in [3.63, 3.8) is 0 Å². The van der Waals surface area contributed by atoms with Crippen LogP contribution in [0.2, 0.25) is 10.0 Å². The van der Waals surface area contributed by atoms with E-state index in [1.807, 2.05) is 23.6 Å². The van der Waals surface area contributed by atoms with Gasteiger partial charge in [0.15, 0.2) is 0 Å². The summed E-state index contributed by atoms with van der Waals surface area (Å²) in [7, 11) is 0. The summed E-state index contributed by atoms with van der Waals surface area (Å²) in [6.07, 6.45) is 1.76. The molecule has 0 radical (unpaired) electrons. The fraction of sp³-hybridized carbons (Fsp3) is 0.364. The highest BCUT2D eigenvalue weighted by Crippen LogP contribution is 2.26. The van der Waals surface area contributed by atoms with Gasteiger partial charge in [0.2, 0.25) is 0 Å². The zero-order valence-electron chi connectivity index (χ0n) is 16.7. The number of aromatic amines is 1. The van der Waals surface area contributed by atoms with E-state index in [4.69, 9.17) is 23.2 Å². The standard InChI is InChI=1S/C22H24Cl2N4O2/c1-14(25-21(29)15-2-4-16(23)5-3-15)13-27-10-8-18(9-11-27)28-20-7-6-17(24)12-19(20)26-22(28)30/h2-7,12,14,18H,8-11,13H2,1H3,(H,25,29)(H,26,30). The smallest absolute Gasteiger partial charge is 0.326 e. The third kappa shape index (κ3) is 4.56. The first kappa shape index (κ1) is 21.0. The second-order valence-electron chi connectivity index (χ2n) is 7.87. The number of amides is 1.